The van der Waals surface area contributed by atoms with Crippen molar-refractivity contribution in [3.05, 3.63) is 41.7 Å². The van der Waals surface area contributed by atoms with Crippen molar-refractivity contribution in [2.75, 3.05) is 5.32 Å². The zero-order valence-corrected chi connectivity index (χ0v) is 12.8. The van der Waals surface area contributed by atoms with Gasteiger partial charge in [0.1, 0.15) is 5.82 Å². The topological polar surface area (TPSA) is 75.6 Å². The Kier molecular flexibility index (Phi) is 3.91. The summed E-state index contributed by atoms with van der Waals surface area (Å²) < 4.78 is 1.84. The van der Waals surface area contributed by atoms with Crippen LogP contribution in [0.15, 0.2) is 30.5 Å². The minimum absolute atomic E-state index is 0.223. The number of carbonyl (C=O) groups excluding carboxylic acids is 1. The van der Waals surface area contributed by atoms with Gasteiger partial charge < -0.3 is 5.32 Å². The quantitative estimate of drug-likeness (QED) is 0.759. The van der Waals surface area contributed by atoms with Crippen LogP contribution in [-0.2, 0) is 6.54 Å². The van der Waals surface area contributed by atoms with E-state index in [2.05, 4.69) is 27.5 Å². The van der Waals surface area contributed by atoms with Gasteiger partial charge in [-0.15, -0.1) is 0 Å². The van der Waals surface area contributed by atoms with E-state index < -0.39 is 0 Å². The van der Waals surface area contributed by atoms with E-state index in [9.17, 15) is 4.79 Å². The van der Waals surface area contributed by atoms with Crippen molar-refractivity contribution in [3.8, 4) is 0 Å². The third-order valence-corrected chi connectivity index (χ3v) is 3.66. The number of hydrogen-bond donors (Lipinski definition) is 2. The molecule has 0 bridgehead atoms. The second-order valence-corrected chi connectivity index (χ2v) is 5.32. The molecule has 3 rings (SSSR count). The molecule has 0 fully saturated rings. The molecule has 0 aliphatic carbocycles. The molecule has 0 aliphatic rings. The normalized spacial score (nSPS) is 11.0. The van der Waals surface area contributed by atoms with Crippen molar-refractivity contribution in [2.24, 2.45) is 0 Å². The first-order valence-corrected chi connectivity index (χ1v) is 7.47. The van der Waals surface area contributed by atoms with Gasteiger partial charge in [0.05, 0.1) is 11.7 Å². The lowest BCUT2D eigenvalue weighted by molar-refractivity contribution is 0.102. The van der Waals surface area contributed by atoms with Gasteiger partial charge in [0.15, 0.2) is 5.69 Å². The highest BCUT2D eigenvalue weighted by Crippen LogP contribution is 2.19. The fourth-order valence-electron chi connectivity index (χ4n) is 2.42. The number of H-pyrrole nitrogens is 1. The van der Waals surface area contributed by atoms with Gasteiger partial charge in [-0.2, -0.15) is 10.2 Å². The van der Waals surface area contributed by atoms with Crippen LogP contribution in [0, 0.1) is 6.92 Å². The van der Waals surface area contributed by atoms with Crippen LogP contribution in [0.4, 0.5) is 5.82 Å². The zero-order valence-electron chi connectivity index (χ0n) is 12.8. The van der Waals surface area contributed by atoms with Gasteiger partial charge in [-0.1, -0.05) is 31.5 Å². The van der Waals surface area contributed by atoms with E-state index in [4.69, 9.17) is 0 Å². The van der Waals surface area contributed by atoms with Crippen molar-refractivity contribution in [2.45, 2.75) is 33.2 Å². The van der Waals surface area contributed by atoms with Gasteiger partial charge in [0.2, 0.25) is 0 Å². The molecular weight excluding hydrogens is 278 g/mol. The van der Waals surface area contributed by atoms with E-state index in [0.29, 0.717) is 5.69 Å². The summed E-state index contributed by atoms with van der Waals surface area (Å²) in [6, 6.07) is 7.59. The maximum Gasteiger partial charge on any atom is 0.277 e. The number of amides is 1. The van der Waals surface area contributed by atoms with Crippen LogP contribution >= 0.6 is 0 Å². The molecule has 0 atom stereocenters. The monoisotopic (exact) mass is 297 g/mol. The molecule has 6 heteroatoms. The highest BCUT2D eigenvalue weighted by atomic mass is 16.2. The minimum atomic E-state index is -0.223. The van der Waals surface area contributed by atoms with Crippen LogP contribution in [0.2, 0.25) is 0 Å². The highest BCUT2D eigenvalue weighted by molar-refractivity contribution is 6.10. The molecule has 2 N–H and O–H groups in total. The molecule has 22 heavy (non-hydrogen) atoms. The molecule has 0 saturated carbocycles. The molecule has 0 saturated heterocycles. The van der Waals surface area contributed by atoms with Crippen LogP contribution in [0.3, 0.4) is 0 Å². The third-order valence-electron chi connectivity index (χ3n) is 3.66. The van der Waals surface area contributed by atoms with Crippen molar-refractivity contribution < 1.29 is 4.79 Å². The van der Waals surface area contributed by atoms with Crippen molar-refractivity contribution in [3.63, 3.8) is 0 Å². The smallest absolute Gasteiger partial charge is 0.277 e. The lowest BCUT2D eigenvalue weighted by Crippen LogP contribution is -2.17. The van der Waals surface area contributed by atoms with Crippen LogP contribution in [0.5, 0.6) is 0 Å². The fraction of sp³-hybridized carbons (Fsp3) is 0.312. The number of nitrogens with one attached hydrogen (secondary N) is 2. The Morgan fingerprint density at radius 1 is 1.36 bits per heavy atom. The second kappa shape index (κ2) is 6.01. The van der Waals surface area contributed by atoms with Crippen LogP contribution in [0.25, 0.3) is 10.9 Å². The number of aromatic amines is 1. The number of fused-ring (bicyclic) bond motifs is 1. The highest BCUT2D eigenvalue weighted by Gasteiger charge is 2.17. The van der Waals surface area contributed by atoms with E-state index in [0.717, 1.165) is 41.7 Å². The number of benzene rings is 1. The number of aryl methyl sites for hydroxylation is 2. The lowest BCUT2D eigenvalue weighted by Gasteiger charge is -2.09. The summed E-state index contributed by atoms with van der Waals surface area (Å²) in [5, 5.41) is 15.1. The number of para-hydroxylation sites is 1. The van der Waals surface area contributed by atoms with Gasteiger partial charge in [-0.05, 0) is 19.4 Å². The van der Waals surface area contributed by atoms with Gasteiger partial charge in [-0.25, -0.2) is 4.68 Å². The maximum atomic E-state index is 12.5. The first-order chi connectivity index (χ1) is 10.7. The average molecular weight is 297 g/mol. The van der Waals surface area contributed by atoms with Gasteiger partial charge in [-0.3, -0.25) is 9.89 Å². The third kappa shape index (κ3) is 2.59. The molecule has 1 aromatic carbocycles. The summed E-state index contributed by atoms with van der Waals surface area (Å²) in [5.41, 5.74) is 2.20. The predicted molar refractivity (Wildman–Crippen MR) is 85.9 cm³/mol. The van der Waals surface area contributed by atoms with E-state index in [1.165, 1.54) is 0 Å². The summed E-state index contributed by atoms with van der Waals surface area (Å²) in [6.45, 7) is 4.86. The first-order valence-electron chi connectivity index (χ1n) is 7.47. The van der Waals surface area contributed by atoms with Crippen molar-refractivity contribution in [1.82, 2.24) is 20.0 Å². The number of aromatic nitrogens is 4. The lowest BCUT2D eigenvalue weighted by atomic mass is 10.2. The van der Waals surface area contributed by atoms with Crippen molar-refractivity contribution >= 4 is 22.6 Å². The van der Waals surface area contributed by atoms with Gasteiger partial charge in [0, 0.05) is 17.5 Å². The summed E-state index contributed by atoms with van der Waals surface area (Å²) in [6.07, 6.45) is 3.87. The number of unbranched alkanes of at least 4 members (excludes halogenated alkanes) is 1. The van der Waals surface area contributed by atoms with Crippen LogP contribution in [0.1, 0.15) is 35.8 Å². The summed E-state index contributed by atoms with van der Waals surface area (Å²) >= 11 is 0. The Balaban J connectivity index is 1.87. The zero-order chi connectivity index (χ0) is 15.5. The summed E-state index contributed by atoms with van der Waals surface area (Å²) in [4.78, 5) is 12.5. The molecular formula is C16H19N5O. The molecule has 6 nitrogen and oxygen atoms in total. The number of nitrogens with zero attached hydrogens (tertiary/aromatic N) is 3. The maximum absolute atomic E-state index is 12.5. The summed E-state index contributed by atoms with van der Waals surface area (Å²) in [7, 11) is 0. The largest absolute Gasteiger partial charge is 0.305 e. The number of carbonyl (C=O) groups is 1. The molecule has 0 spiro atoms. The molecule has 2 aromatic heterocycles. The molecule has 114 valence electrons. The van der Waals surface area contributed by atoms with E-state index in [-0.39, 0.29) is 5.91 Å². The Bertz CT molecular complexity index is 802. The minimum Gasteiger partial charge on any atom is -0.305 e. The predicted octanol–water partition coefficient (Wildman–Crippen LogP) is 3.12. The standard InChI is InChI=1S/C16H19N5O/c1-3-4-9-21-15(11(2)10-17-21)18-16(22)14-12-7-5-6-8-13(12)19-20-14/h5-8,10H,3-4,9H2,1-2H3,(H,18,22)(H,19,20). The Morgan fingerprint density at radius 3 is 3.00 bits per heavy atom. The second-order valence-electron chi connectivity index (χ2n) is 5.32. The number of hydrogen-bond acceptors (Lipinski definition) is 3. The van der Waals surface area contributed by atoms with E-state index >= 15 is 0 Å². The molecule has 1 amide bonds. The average Bonchev–Trinajstić information content (AvgIpc) is 3.10. The van der Waals surface area contributed by atoms with Crippen LogP contribution in [-0.4, -0.2) is 25.9 Å². The first kappa shape index (κ1) is 14.3. The molecule has 0 aliphatic heterocycles. The molecule has 0 unspecified atom stereocenters. The Labute approximate surface area is 128 Å². The summed E-state index contributed by atoms with van der Waals surface area (Å²) in [5.74, 6) is 0.518. The van der Waals surface area contributed by atoms with E-state index in [1.807, 2.05) is 35.9 Å². The number of rotatable bonds is 5. The fourth-order valence-corrected chi connectivity index (χ4v) is 2.42. The SMILES string of the molecule is CCCCn1ncc(C)c1NC(=O)c1n[nH]c2ccccc12. The molecule has 0 radical (unpaired) electrons. The van der Waals surface area contributed by atoms with E-state index in [1.54, 1.807) is 6.20 Å². The van der Waals surface area contributed by atoms with Gasteiger partial charge >= 0.3 is 0 Å². The van der Waals surface area contributed by atoms with Gasteiger partial charge in [0.25, 0.3) is 5.91 Å². The molecule has 3 aromatic rings. The van der Waals surface area contributed by atoms with Crippen LogP contribution < -0.4 is 5.32 Å². The molecule has 2 heterocycles. The number of anilines is 1. The Morgan fingerprint density at radius 2 is 2.18 bits per heavy atom. The Hall–Kier alpha value is -2.63. The van der Waals surface area contributed by atoms with Crippen molar-refractivity contribution in [1.29, 1.82) is 0 Å².